The Morgan fingerprint density at radius 2 is 1.50 bits per heavy atom. The Kier molecular flexibility index (Phi) is 13.5. The van der Waals surface area contributed by atoms with Gasteiger partial charge in [-0.1, -0.05) is 87.5 Å². The van der Waals surface area contributed by atoms with Crippen LogP contribution < -0.4 is 10.1 Å². The van der Waals surface area contributed by atoms with Crippen LogP contribution in [0.4, 0.5) is 5.82 Å². The zero-order chi connectivity index (χ0) is 44.3. The zero-order valence-corrected chi connectivity index (χ0v) is 37.5. The van der Waals surface area contributed by atoms with Crippen LogP contribution in [0.1, 0.15) is 91.1 Å². The molecular formula is C46H55N6O9P. The standard InChI is InChI=1S/C46H55N6O9P/c1-28(2)52(29(3)4)62(56-9)57-25-36-39(60-37(54)24-23-30(5)53)40(43(59-36)51-27-49-38-41(47-26-48-42(38)51)50-44(55)45(6,7)8)61-46(31-17-11-10-12-18-31)32-19-13-15-21-34(32)58-35-22-16-14-20-33(35)46/h10-22,26-29,36,39-40,43H,23-25H2,1-9H3,(H,47,48,50,55)/t36-,39?,40-,43-,62?/m1/s1. The van der Waals surface area contributed by atoms with Crippen molar-refractivity contribution in [2.75, 3.05) is 19.0 Å². The number of para-hydroxylation sites is 2. The zero-order valence-electron chi connectivity index (χ0n) is 36.6. The number of amides is 1. The summed E-state index contributed by atoms with van der Waals surface area (Å²) < 4.78 is 44.1. The van der Waals surface area contributed by atoms with Crippen molar-refractivity contribution in [3.8, 4) is 11.5 Å². The number of Topliss-reactive ketones (excluding diaryl/α,β-unsaturated/α-hetero) is 1. The van der Waals surface area contributed by atoms with E-state index in [2.05, 4.69) is 47.7 Å². The van der Waals surface area contributed by atoms with E-state index in [0.29, 0.717) is 33.8 Å². The number of carbonyl (C=O) groups is 3. The molecule has 2 aliphatic rings. The third kappa shape index (κ3) is 9.01. The summed E-state index contributed by atoms with van der Waals surface area (Å²) in [5.41, 5.74) is 0.767. The molecule has 0 aliphatic carbocycles. The first kappa shape index (κ1) is 44.9. The number of hydrogen-bond donors (Lipinski definition) is 1. The van der Waals surface area contributed by atoms with E-state index in [9.17, 15) is 14.4 Å². The molecule has 5 aromatic rings. The van der Waals surface area contributed by atoms with Crippen LogP contribution in [0.15, 0.2) is 91.5 Å². The van der Waals surface area contributed by atoms with Crippen molar-refractivity contribution in [2.24, 2.45) is 5.41 Å². The predicted octanol–water partition coefficient (Wildman–Crippen LogP) is 8.48. The Hall–Kier alpha value is -5.15. The molecule has 2 aliphatic heterocycles. The summed E-state index contributed by atoms with van der Waals surface area (Å²) in [5.74, 6) is 0.355. The quantitative estimate of drug-likeness (QED) is 0.0742. The fraction of sp³-hybridized carbons (Fsp3) is 0.435. The van der Waals surface area contributed by atoms with Gasteiger partial charge in [0.2, 0.25) is 5.91 Å². The van der Waals surface area contributed by atoms with E-state index in [1.807, 2.05) is 78.9 Å². The lowest BCUT2D eigenvalue weighted by atomic mass is 9.77. The van der Waals surface area contributed by atoms with Gasteiger partial charge < -0.3 is 38.1 Å². The van der Waals surface area contributed by atoms with Gasteiger partial charge in [0.25, 0.3) is 8.53 Å². The van der Waals surface area contributed by atoms with Crippen LogP contribution in [0, 0.1) is 5.41 Å². The lowest BCUT2D eigenvalue weighted by molar-refractivity contribution is -0.166. The molecule has 0 radical (unpaired) electrons. The summed E-state index contributed by atoms with van der Waals surface area (Å²) >= 11 is 0. The minimum absolute atomic E-state index is 0.00652. The second kappa shape index (κ2) is 18.7. The molecule has 16 heteroatoms. The molecule has 2 aromatic heterocycles. The third-order valence-corrected chi connectivity index (χ3v) is 12.8. The summed E-state index contributed by atoms with van der Waals surface area (Å²) in [5, 5.41) is 2.90. The monoisotopic (exact) mass is 866 g/mol. The van der Waals surface area contributed by atoms with Crippen LogP contribution in [-0.2, 0) is 43.2 Å². The molecule has 5 atom stereocenters. The van der Waals surface area contributed by atoms with Gasteiger partial charge in [0.15, 0.2) is 34.9 Å². The molecule has 0 bridgehead atoms. The maximum atomic E-state index is 13.9. The number of nitrogens with zero attached hydrogens (tertiary/aromatic N) is 5. The number of rotatable bonds is 16. The Balaban J connectivity index is 1.42. The Morgan fingerprint density at radius 1 is 0.871 bits per heavy atom. The second-order valence-corrected chi connectivity index (χ2v) is 18.5. The number of imidazole rings is 1. The fourth-order valence-corrected chi connectivity index (χ4v) is 9.37. The maximum absolute atomic E-state index is 13.9. The van der Waals surface area contributed by atoms with Crippen molar-refractivity contribution >= 4 is 43.2 Å². The van der Waals surface area contributed by atoms with Gasteiger partial charge in [0.05, 0.1) is 19.4 Å². The highest BCUT2D eigenvalue weighted by atomic mass is 31.2. The van der Waals surface area contributed by atoms with E-state index in [0.717, 1.165) is 5.56 Å². The molecule has 1 amide bonds. The number of benzene rings is 3. The number of anilines is 1. The number of ether oxygens (including phenoxy) is 4. The lowest BCUT2D eigenvalue weighted by Crippen LogP contribution is -2.47. The van der Waals surface area contributed by atoms with E-state index in [1.165, 1.54) is 13.3 Å². The molecule has 15 nitrogen and oxygen atoms in total. The summed E-state index contributed by atoms with van der Waals surface area (Å²) in [6.07, 6.45) is -1.50. The molecule has 1 fully saturated rings. The summed E-state index contributed by atoms with van der Waals surface area (Å²) in [6.45, 7) is 15.1. The lowest BCUT2D eigenvalue weighted by Gasteiger charge is -2.43. The van der Waals surface area contributed by atoms with Crippen LogP contribution >= 0.6 is 8.53 Å². The van der Waals surface area contributed by atoms with Crippen molar-refractivity contribution < 1.29 is 42.4 Å². The molecule has 2 unspecified atom stereocenters. The Labute approximate surface area is 363 Å². The number of ketones is 1. The largest absolute Gasteiger partial charge is 0.457 e. The first-order valence-corrected chi connectivity index (χ1v) is 22.0. The van der Waals surface area contributed by atoms with Gasteiger partial charge in [-0.2, -0.15) is 0 Å². The molecule has 0 saturated carbocycles. The highest BCUT2D eigenvalue weighted by Crippen LogP contribution is 2.55. The number of carbonyl (C=O) groups excluding carboxylic acids is 3. The van der Waals surface area contributed by atoms with E-state index >= 15 is 0 Å². The average Bonchev–Trinajstić information content (AvgIpc) is 3.82. The average molecular weight is 867 g/mol. The topological polar surface area (TPSA) is 165 Å². The highest BCUT2D eigenvalue weighted by Gasteiger charge is 2.56. The van der Waals surface area contributed by atoms with Gasteiger partial charge in [-0.3, -0.25) is 14.2 Å². The van der Waals surface area contributed by atoms with Crippen LogP contribution in [-0.4, -0.2) is 86.0 Å². The molecule has 328 valence electrons. The van der Waals surface area contributed by atoms with Crippen LogP contribution in [0.25, 0.3) is 11.2 Å². The SMILES string of the molecule is COP(OC[C@H]1O[C@@H](n2cnc3c(NC(=O)C(C)(C)C)ncnc32)[C@H](OC2(c3ccccc3)c3ccccc3Oc3ccccc32)C1OC(=O)CCC(C)=O)N(C(C)C)C(C)C. The maximum Gasteiger partial charge on any atom is 0.306 e. The van der Waals surface area contributed by atoms with Crippen molar-refractivity contribution in [1.82, 2.24) is 24.2 Å². The molecule has 3 aromatic carbocycles. The van der Waals surface area contributed by atoms with E-state index in [4.69, 9.17) is 33.0 Å². The van der Waals surface area contributed by atoms with E-state index < -0.39 is 50.1 Å². The highest BCUT2D eigenvalue weighted by molar-refractivity contribution is 7.44. The normalized spacial score (nSPS) is 19.9. The van der Waals surface area contributed by atoms with Gasteiger partial charge >= 0.3 is 5.97 Å². The first-order chi connectivity index (χ1) is 29.6. The number of aromatic nitrogens is 4. The Morgan fingerprint density at radius 3 is 2.10 bits per heavy atom. The summed E-state index contributed by atoms with van der Waals surface area (Å²) in [7, 11) is 0.00381. The van der Waals surface area contributed by atoms with Crippen LogP contribution in [0.3, 0.4) is 0 Å². The van der Waals surface area contributed by atoms with Gasteiger partial charge in [-0.15, -0.1) is 0 Å². The van der Waals surface area contributed by atoms with Gasteiger partial charge in [0.1, 0.15) is 35.8 Å². The molecule has 1 saturated heterocycles. The predicted molar refractivity (Wildman–Crippen MR) is 233 cm³/mol. The van der Waals surface area contributed by atoms with Crippen LogP contribution in [0.5, 0.6) is 11.5 Å². The minimum Gasteiger partial charge on any atom is -0.457 e. The molecule has 62 heavy (non-hydrogen) atoms. The summed E-state index contributed by atoms with van der Waals surface area (Å²) in [6, 6.07) is 25.3. The minimum atomic E-state index is -1.60. The molecule has 4 heterocycles. The molecular weight excluding hydrogens is 812 g/mol. The fourth-order valence-electron chi connectivity index (χ4n) is 7.91. The number of fused-ring (bicyclic) bond motifs is 3. The van der Waals surface area contributed by atoms with E-state index in [1.54, 1.807) is 38.8 Å². The number of nitrogens with one attached hydrogen (secondary N) is 1. The van der Waals surface area contributed by atoms with Gasteiger partial charge in [-0.05, 0) is 52.3 Å². The third-order valence-electron chi connectivity index (χ3n) is 10.8. The molecule has 7 rings (SSSR count). The van der Waals surface area contributed by atoms with Gasteiger partial charge in [0, 0.05) is 42.2 Å². The van der Waals surface area contributed by atoms with Crippen molar-refractivity contribution in [1.29, 1.82) is 0 Å². The van der Waals surface area contributed by atoms with Crippen molar-refractivity contribution in [3.63, 3.8) is 0 Å². The van der Waals surface area contributed by atoms with Crippen LogP contribution in [0.2, 0.25) is 0 Å². The van der Waals surface area contributed by atoms with Crippen molar-refractivity contribution in [2.45, 2.75) is 110 Å². The second-order valence-electron chi connectivity index (χ2n) is 17.0. The molecule has 1 N–H and O–H groups in total. The van der Waals surface area contributed by atoms with E-state index in [-0.39, 0.29) is 49.0 Å². The van der Waals surface area contributed by atoms with Gasteiger partial charge in [-0.25, -0.2) is 19.6 Å². The first-order valence-electron chi connectivity index (χ1n) is 20.8. The Bertz CT molecular complexity index is 2330. The number of hydrogen-bond acceptors (Lipinski definition) is 13. The summed E-state index contributed by atoms with van der Waals surface area (Å²) in [4.78, 5) is 52.9. The van der Waals surface area contributed by atoms with Crippen molar-refractivity contribution in [3.05, 3.63) is 108 Å². The number of esters is 1. The smallest absolute Gasteiger partial charge is 0.306 e. The molecule has 0 spiro atoms.